The van der Waals surface area contributed by atoms with Crippen LogP contribution in [0.25, 0.3) is 0 Å². The van der Waals surface area contributed by atoms with E-state index in [4.69, 9.17) is 4.74 Å². The van der Waals surface area contributed by atoms with Crippen LogP contribution in [0.4, 0.5) is 5.82 Å². The molecule has 1 amide bonds. The molecule has 0 bridgehead atoms. The molecule has 18 heavy (non-hydrogen) atoms. The molecule has 0 aliphatic heterocycles. The Hall–Kier alpha value is -1.62. The summed E-state index contributed by atoms with van der Waals surface area (Å²) < 4.78 is 5.38. The minimum atomic E-state index is -0.127. The van der Waals surface area contributed by atoms with Gasteiger partial charge in [0.15, 0.2) is 0 Å². The lowest BCUT2D eigenvalue weighted by Gasteiger charge is -2.08. The lowest BCUT2D eigenvalue weighted by atomic mass is 10.2. The molecule has 0 saturated carbocycles. The van der Waals surface area contributed by atoms with Gasteiger partial charge in [-0.15, -0.1) is 0 Å². The highest BCUT2D eigenvalue weighted by atomic mass is 16.5. The fourth-order valence-corrected chi connectivity index (χ4v) is 1.33. The molecule has 0 atom stereocenters. The van der Waals surface area contributed by atoms with Gasteiger partial charge in [0.2, 0.25) is 0 Å². The Morgan fingerprint density at radius 3 is 2.78 bits per heavy atom. The Morgan fingerprint density at radius 1 is 1.44 bits per heavy atom. The minimum Gasteiger partial charge on any atom is -0.379 e. The summed E-state index contributed by atoms with van der Waals surface area (Å²) in [6.07, 6.45) is 1.55. The van der Waals surface area contributed by atoms with E-state index in [1.807, 2.05) is 0 Å². The predicted octanol–water partition coefficient (Wildman–Crippen LogP) is 1.53. The van der Waals surface area contributed by atoms with E-state index in [2.05, 4.69) is 29.5 Å². The van der Waals surface area contributed by atoms with E-state index in [1.165, 1.54) is 0 Å². The molecule has 0 unspecified atom stereocenters. The number of nitrogens with zero attached hydrogens (tertiary/aromatic N) is 1. The van der Waals surface area contributed by atoms with Crippen molar-refractivity contribution in [3.63, 3.8) is 0 Å². The van der Waals surface area contributed by atoms with Crippen LogP contribution >= 0.6 is 0 Å². The van der Waals surface area contributed by atoms with Gasteiger partial charge in [-0.3, -0.25) is 4.79 Å². The first-order chi connectivity index (χ1) is 8.63. The van der Waals surface area contributed by atoms with Crippen molar-refractivity contribution in [1.82, 2.24) is 10.3 Å². The third-order valence-corrected chi connectivity index (χ3v) is 2.26. The van der Waals surface area contributed by atoms with Gasteiger partial charge in [0.1, 0.15) is 5.82 Å². The van der Waals surface area contributed by atoms with E-state index >= 15 is 0 Å². The van der Waals surface area contributed by atoms with E-state index in [0.29, 0.717) is 31.2 Å². The van der Waals surface area contributed by atoms with E-state index in [1.54, 1.807) is 25.4 Å². The van der Waals surface area contributed by atoms with Crippen molar-refractivity contribution in [2.45, 2.75) is 13.8 Å². The highest BCUT2D eigenvalue weighted by molar-refractivity contribution is 5.94. The molecule has 0 radical (unpaired) electrons. The second-order valence-electron chi connectivity index (χ2n) is 4.41. The predicted molar refractivity (Wildman–Crippen MR) is 71.8 cm³/mol. The Bertz CT molecular complexity index is 363. The summed E-state index contributed by atoms with van der Waals surface area (Å²) in [7, 11) is 1.79. The topological polar surface area (TPSA) is 63.2 Å². The van der Waals surface area contributed by atoms with Crippen molar-refractivity contribution >= 4 is 11.7 Å². The lowest BCUT2D eigenvalue weighted by molar-refractivity contribution is 0.0886. The third-order valence-electron chi connectivity index (χ3n) is 2.26. The van der Waals surface area contributed by atoms with Crippen LogP contribution in [-0.4, -0.2) is 37.7 Å². The summed E-state index contributed by atoms with van der Waals surface area (Å²) in [5.41, 5.74) is 0.554. The van der Waals surface area contributed by atoms with Gasteiger partial charge in [-0.2, -0.15) is 0 Å². The second-order valence-corrected chi connectivity index (χ2v) is 4.41. The number of anilines is 1. The molecule has 0 aliphatic carbocycles. The summed E-state index contributed by atoms with van der Waals surface area (Å²) in [5.74, 6) is 1.13. The zero-order valence-corrected chi connectivity index (χ0v) is 11.2. The number of amides is 1. The first-order valence-electron chi connectivity index (χ1n) is 6.13. The maximum absolute atomic E-state index is 11.7. The molecule has 0 saturated heterocycles. The van der Waals surface area contributed by atoms with Gasteiger partial charge in [0.05, 0.1) is 12.2 Å². The zero-order chi connectivity index (χ0) is 13.4. The van der Waals surface area contributed by atoms with Crippen molar-refractivity contribution in [3.05, 3.63) is 23.9 Å². The average molecular weight is 251 g/mol. The number of aromatic nitrogens is 1. The largest absolute Gasteiger partial charge is 0.379 e. The molecule has 0 aliphatic rings. The summed E-state index contributed by atoms with van der Waals surface area (Å²) >= 11 is 0. The highest BCUT2D eigenvalue weighted by Crippen LogP contribution is 2.03. The Labute approximate surface area is 108 Å². The van der Waals surface area contributed by atoms with Crippen molar-refractivity contribution in [2.24, 2.45) is 5.92 Å². The van der Waals surface area contributed by atoms with Crippen LogP contribution in [0.15, 0.2) is 18.3 Å². The highest BCUT2D eigenvalue weighted by Gasteiger charge is 2.05. The molecule has 2 N–H and O–H groups in total. The lowest BCUT2D eigenvalue weighted by Crippen LogP contribution is -2.27. The number of nitrogens with one attached hydrogen (secondary N) is 2. The van der Waals surface area contributed by atoms with Gasteiger partial charge in [-0.25, -0.2) is 4.98 Å². The minimum absolute atomic E-state index is 0.127. The number of pyridine rings is 1. The summed E-state index contributed by atoms with van der Waals surface area (Å²) in [4.78, 5) is 15.8. The molecule has 0 aromatic carbocycles. The molecule has 1 heterocycles. The molecule has 5 heteroatoms. The van der Waals surface area contributed by atoms with Crippen LogP contribution in [0.1, 0.15) is 24.2 Å². The van der Waals surface area contributed by atoms with Crippen LogP contribution in [0, 0.1) is 5.92 Å². The van der Waals surface area contributed by atoms with Gasteiger partial charge in [0, 0.05) is 26.4 Å². The van der Waals surface area contributed by atoms with E-state index in [-0.39, 0.29) is 5.91 Å². The van der Waals surface area contributed by atoms with Crippen molar-refractivity contribution in [2.75, 3.05) is 32.1 Å². The Kier molecular flexibility index (Phi) is 6.14. The number of carbonyl (C=O) groups is 1. The number of carbonyl (C=O) groups excluding carboxylic acids is 1. The quantitative estimate of drug-likeness (QED) is 0.721. The van der Waals surface area contributed by atoms with E-state index in [9.17, 15) is 4.79 Å². The first kappa shape index (κ1) is 14.4. The fourth-order valence-electron chi connectivity index (χ4n) is 1.33. The summed E-state index contributed by atoms with van der Waals surface area (Å²) in [6, 6.07) is 3.51. The normalized spacial score (nSPS) is 10.4. The van der Waals surface area contributed by atoms with Gasteiger partial charge >= 0.3 is 0 Å². The van der Waals surface area contributed by atoms with E-state index < -0.39 is 0 Å². The third kappa shape index (κ3) is 5.14. The maximum atomic E-state index is 11.7. The molecule has 5 nitrogen and oxygen atoms in total. The molecule has 100 valence electrons. The Balaban J connectivity index is 2.27. The van der Waals surface area contributed by atoms with Crippen molar-refractivity contribution in [1.29, 1.82) is 0 Å². The number of hydrogen-bond acceptors (Lipinski definition) is 4. The molecular weight excluding hydrogens is 230 g/mol. The standard InChI is InChI=1S/C13H21N3O2/c1-10(2)9-18-7-6-15-13(17)11-4-5-12(14-3)16-8-11/h4-5,8,10H,6-7,9H2,1-3H3,(H,14,16)(H,15,17). The molecule has 1 aromatic rings. The second kappa shape index (κ2) is 7.66. The smallest absolute Gasteiger partial charge is 0.252 e. The van der Waals surface area contributed by atoms with Crippen LogP contribution in [0.3, 0.4) is 0 Å². The van der Waals surface area contributed by atoms with Crippen LogP contribution < -0.4 is 10.6 Å². The number of hydrogen-bond donors (Lipinski definition) is 2. The van der Waals surface area contributed by atoms with Crippen LogP contribution in [-0.2, 0) is 4.74 Å². The molecule has 1 aromatic heterocycles. The fraction of sp³-hybridized carbons (Fsp3) is 0.538. The monoisotopic (exact) mass is 251 g/mol. The van der Waals surface area contributed by atoms with Gasteiger partial charge < -0.3 is 15.4 Å². The zero-order valence-electron chi connectivity index (χ0n) is 11.2. The average Bonchev–Trinajstić information content (AvgIpc) is 2.38. The van der Waals surface area contributed by atoms with Gasteiger partial charge in [0.25, 0.3) is 5.91 Å². The number of rotatable bonds is 7. The Morgan fingerprint density at radius 2 is 2.22 bits per heavy atom. The van der Waals surface area contributed by atoms with Crippen molar-refractivity contribution < 1.29 is 9.53 Å². The molecular formula is C13H21N3O2. The molecule has 0 spiro atoms. The molecule has 1 rings (SSSR count). The molecule has 0 fully saturated rings. The van der Waals surface area contributed by atoms with Crippen LogP contribution in [0.2, 0.25) is 0 Å². The van der Waals surface area contributed by atoms with Crippen LogP contribution in [0.5, 0.6) is 0 Å². The number of ether oxygens (including phenoxy) is 1. The van der Waals surface area contributed by atoms with Gasteiger partial charge in [-0.1, -0.05) is 13.8 Å². The maximum Gasteiger partial charge on any atom is 0.252 e. The van der Waals surface area contributed by atoms with E-state index in [0.717, 1.165) is 5.82 Å². The summed E-state index contributed by atoms with van der Waals surface area (Å²) in [5, 5.41) is 5.69. The van der Waals surface area contributed by atoms with Crippen molar-refractivity contribution in [3.8, 4) is 0 Å². The SMILES string of the molecule is CNc1ccc(C(=O)NCCOCC(C)C)cn1. The first-order valence-corrected chi connectivity index (χ1v) is 6.13. The summed E-state index contributed by atoms with van der Waals surface area (Å²) in [6.45, 7) is 5.95. The van der Waals surface area contributed by atoms with Gasteiger partial charge in [-0.05, 0) is 18.1 Å².